The Morgan fingerprint density at radius 3 is 2.96 bits per heavy atom. The summed E-state index contributed by atoms with van der Waals surface area (Å²) in [6.07, 6.45) is 6.89. The molecule has 0 unspecified atom stereocenters. The Morgan fingerprint density at radius 2 is 2.16 bits per heavy atom. The highest BCUT2D eigenvalue weighted by molar-refractivity contribution is 5.79. The maximum absolute atomic E-state index is 12.7. The molecular weight excluding hydrogens is 320 g/mol. The molecule has 2 fully saturated rings. The topological polar surface area (TPSA) is 80.5 Å². The van der Waals surface area contributed by atoms with Gasteiger partial charge in [-0.3, -0.25) is 4.79 Å². The number of carbonyl (C=O) groups excluding carboxylic acids is 1. The number of nitrogens with zero attached hydrogens (tertiary/aromatic N) is 3. The third-order valence-corrected chi connectivity index (χ3v) is 5.06. The summed E-state index contributed by atoms with van der Waals surface area (Å²) in [5.74, 6) is 1.66. The van der Waals surface area contributed by atoms with E-state index in [-0.39, 0.29) is 23.8 Å². The highest BCUT2D eigenvalue weighted by Crippen LogP contribution is 2.34. The molecule has 2 aromatic rings. The fourth-order valence-corrected chi connectivity index (χ4v) is 3.79. The van der Waals surface area contributed by atoms with Crippen molar-refractivity contribution >= 4 is 11.9 Å². The van der Waals surface area contributed by atoms with Gasteiger partial charge in [0.2, 0.25) is 11.9 Å². The van der Waals surface area contributed by atoms with Gasteiger partial charge in [0.15, 0.2) is 0 Å². The Morgan fingerprint density at radius 1 is 1.28 bits per heavy atom. The van der Waals surface area contributed by atoms with Crippen molar-refractivity contribution in [3.05, 3.63) is 42.6 Å². The van der Waals surface area contributed by atoms with Gasteiger partial charge in [-0.25, -0.2) is 9.97 Å². The summed E-state index contributed by atoms with van der Waals surface area (Å²) in [6.45, 7) is 2.66. The van der Waals surface area contributed by atoms with Crippen LogP contribution in [0.5, 0.6) is 0 Å². The number of aromatic nitrogens is 2. The van der Waals surface area contributed by atoms with Gasteiger partial charge in [0.05, 0.1) is 18.9 Å². The van der Waals surface area contributed by atoms with E-state index in [9.17, 15) is 4.79 Å². The number of furan rings is 1. The number of carbonyl (C=O) groups is 1. The van der Waals surface area contributed by atoms with Crippen molar-refractivity contribution in [2.75, 3.05) is 24.6 Å². The molecular formula is C18H22N4O3. The second-order valence-corrected chi connectivity index (χ2v) is 6.55. The molecule has 3 atom stereocenters. The zero-order valence-corrected chi connectivity index (χ0v) is 14.0. The first-order chi connectivity index (χ1) is 12.3. The molecule has 25 heavy (non-hydrogen) atoms. The van der Waals surface area contributed by atoms with Gasteiger partial charge in [0, 0.05) is 43.9 Å². The number of nitrogens with one attached hydrogen (secondary N) is 1. The molecule has 1 amide bonds. The van der Waals surface area contributed by atoms with Gasteiger partial charge < -0.3 is 19.4 Å². The SMILES string of the molecule is O=C(NCc1ccco1)[C@@H]1CCO[C@@H]2CCN(c3ncccn3)C[C@@H]21. The van der Waals surface area contributed by atoms with Crippen molar-refractivity contribution in [3.63, 3.8) is 0 Å². The fourth-order valence-electron chi connectivity index (χ4n) is 3.79. The normalized spacial score (nSPS) is 26.1. The Labute approximate surface area is 146 Å². The first kappa shape index (κ1) is 16.1. The Bertz CT molecular complexity index is 692. The molecule has 2 aliphatic rings. The van der Waals surface area contributed by atoms with Crippen molar-refractivity contribution in [3.8, 4) is 0 Å². The lowest BCUT2D eigenvalue weighted by molar-refractivity contribution is -0.137. The van der Waals surface area contributed by atoms with Crippen molar-refractivity contribution in [1.82, 2.24) is 15.3 Å². The Hall–Kier alpha value is -2.41. The predicted octanol–water partition coefficient (Wildman–Crippen LogP) is 1.62. The van der Waals surface area contributed by atoms with Crippen molar-refractivity contribution < 1.29 is 13.9 Å². The van der Waals surface area contributed by atoms with E-state index in [1.165, 1.54) is 0 Å². The first-order valence-corrected chi connectivity index (χ1v) is 8.75. The zero-order valence-electron chi connectivity index (χ0n) is 14.0. The second kappa shape index (κ2) is 7.23. The fraction of sp³-hybridized carbons (Fsp3) is 0.500. The van der Waals surface area contributed by atoms with Crippen LogP contribution in [-0.2, 0) is 16.1 Å². The third-order valence-electron chi connectivity index (χ3n) is 5.06. The largest absolute Gasteiger partial charge is 0.467 e. The molecule has 2 aromatic heterocycles. The van der Waals surface area contributed by atoms with Gasteiger partial charge in [0.1, 0.15) is 5.76 Å². The molecule has 7 heteroatoms. The molecule has 0 saturated carbocycles. The smallest absolute Gasteiger partial charge is 0.225 e. The van der Waals surface area contributed by atoms with Crippen molar-refractivity contribution in [2.24, 2.45) is 11.8 Å². The summed E-state index contributed by atoms with van der Waals surface area (Å²) in [5, 5.41) is 3.00. The zero-order chi connectivity index (χ0) is 17.1. The number of anilines is 1. The molecule has 0 radical (unpaired) electrons. The van der Waals surface area contributed by atoms with Crippen LogP contribution in [0.25, 0.3) is 0 Å². The van der Waals surface area contributed by atoms with Gasteiger partial charge in [-0.05, 0) is 31.0 Å². The maximum atomic E-state index is 12.7. The van der Waals surface area contributed by atoms with E-state index in [0.717, 1.165) is 37.6 Å². The summed E-state index contributed by atoms with van der Waals surface area (Å²) >= 11 is 0. The molecule has 4 heterocycles. The average Bonchev–Trinajstić information content (AvgIpc) is 3.19. The van der Waals surface area contributed by atoms with Gasteiger partial charge in [-0.2, -0.15) is 0 Å². The van der Waals surface area contributed by atoms with Crippen molar-refractivity contribution in [2.45, 2.75) is 25.5 Å². The predicted molar refractivity (Wildman–Crippen MR) is 90.8 cm³/mol. The number of ether oxygens (including phenoxy) is 1. The Kier molecular flexibility index (Phi) is 4.65. The van der Waals surface area contributed by atoms with Gasteiger partial charge in [-0.15, -0.1) is 0 Å². The Balaban J connectivity index is 1.43. The minimum absolute atomic E-state index is 0.0553. The van der Waals surface area contributed by atoms with E-state index in [1.54, 1.807) is 18.7 Å². The molecule has 0 bridgehead atoms. The summed E-state index contributed by atoms with van der Waals surface area (Å²) < 4.78 is 11.2. The second-order valence-electron chi connectivity index (χ2n) is 6.55. The highest BCUT2D eigenvalue weighted by Gasteiger charge is 2.42. The van der Waals surface area contributed by atoms with Crippen LogP contribution in [0.3, 0.4) is 0 Å². The highest BCUT2D eigenvalue weighted by atomic mass is 16.5. The molecule has 2 saturated heterocycles. The third kappa shape index (κ3) is 3.51. The van der Waals surface area contributed by atoms with Crippen LogP contribution in [0.15, 0.2) is 41.3 Å². The van der Waals surface area contributed by atoms with E-state index in [2.05, 4.69) is 20.2 Å². The number of hydrogen-bond donors (Lipinski definition) is 1. The van der Waals surface area contributed by atoms with Crippen LogP contribution in [0.4, 0.5) is 5.95 Å². The van der Waals surface area contributed by atoms with Crippen LogP contribution >= 0.6 is 0 Å². The van der Waals surface area contributed by atoms with Gasteiger partial charge in [0.25, 0.3) is 0 Å². The monoisotopic (exact) mass is 342 g/mol. The van der Waals surface area contributed by atoms with Gasteiger partial charge in [-0.1, -0.05) is 0 Å². The summed E-state index contributed by atoms with van der Waals surface area (Å²) in [4.78, 5) is 23.6. The van der Waals surface area contributed by atoms with Crippen LogP contribution in [-0.4, -0.2) is 41.7 Å². The minimum Gasteiger partial charge on any atom is -0.467 e. The summed E-state index contributed by atoms with van der Waals surface area (Å²) in [5.41, 5.74) is 0. The molecule has 4 rings (SSSR count). The summed E-state index contributed by atoms with van der Waals surface area (Å²) in [7, 11) is 0. The standard InChI is InChI=1S/C18H22N4O3/c23-17(21-11-13-3-1-9-24-13)14-5-10-25-16-4-8-22(12-15(14)16)18-19-6-2-7-20-18/h1-3,6-7,9,14-16H,4-5,8,10-12H2,(H,21,23)/t14-,15-,16-/m1/s1. The maximum Gasteiger partial charge on any atom is 0.225 e. The van der Waals surface area contributed by atoms with E-state index in [0.29, 0.717) is 13.2 Å². The van der Waals surface area contributed by atoms with Crippen LogP contribution in [0.1, 0.15) is 18.6 Å². The number of amides is 1. The molecule has 0 spiro atoms. The summed E-state index contributed by atoms with van der Waals surface area (Å²) in [6, 6.07) is 5.50. The van der Waals surface area contributed by atoms with E-state index in [4.69, 9.17) is 9.15 Å². The van der Waals surface area contributed by atoms with Crippen molar-refractivity contribution in [1.29, 1.82) is 0 Å². The van der Waals surface area contributed by atoms with E-state index < -0.39 is 0 Å². The molecule has 0 aromatic carbocycles. The van der Waals surface area contributed by atoms with E-state index in [1.807, 2.05) is 18.2 Å². The number of hydrogen-bond acceptors (Lipinski definition) is 6. The van der Waals surface area contributed by atoms with Crippen LogP contribution in [0.2, 0.25) is 0 Å². The minimum atomic E-state index is -0.0553. The lowest BCUT2D eigenvalue weighted by Crippen LogP contribution is -2.53. The van der Waals surface area contributed by atoms with Gasteiger partial charge >= 0.3 is 0 Å². The van der Waals surface area contributed by atoms with Crippen LogP contribution < -0.4 is 10.2 Å². The molecule has 1 N–H and O–H groups in total. The number of fused-ring (bicyclic) bond motifs is 1. The first-order valence-electron chi connectivity index (χ1n) is 8.75. The molecule has 2 aliphatic heterocycles. The lowest BCUT2D eigenvalue weighted by atomic mass is 9.79. The quantitative estimate of drug-likeness (QED) is 0.909. The molecule has 7 nitrogen and oxygen atoms in total. The van der Waals surface area contributed by atoms with Crippen LogP contribution in [0, 0.1) is 11.8 Å². The lowest BCUT2D eigenvalue weighted by Gasteiger charge is -2.44. The average molecular weight is 342 g/mol. The number of rotatable bonds is 4. The molecule has 132 valence electrons. The van der Waals surface area contributed by atoms with E-state index >= 15 is 0 Å². The molecule has 0 aliphatic carbocycles. The number of piperidine rings is 1.